The number of carbonyl (C=O) groups is 2. The van der Waals surface area contributed by atoms with Crippen molar-refractivity contribution in [3.8, 4) is 5.75 Å². The maximum Gasteiger partial charge on any atom is 0.274 e. The number of alkyl halides is 1. The molecular formula is C22H21F4N3O4. The lowest BCUT2D eigenvalue weighted by Crippen LogP contribution is -2.52. The molecule has 2 aliphatic heterocycles. The molecule has 2 aromatic rings. The number of halogens is 4. The number of hydrogen-bond donors (Lipinski definition) is 2. The molecule has 1 aromatic carbocycles. The molecule has 1 aromatic heterocycles. The third-order valence-corrected chi connectivity index (χ3v) is 6.56. The van der Waals surface area contributed by atoms with Crippen LogP contribution < -0.4 is 10.7 Å². The van der Waals surface area contributed by atoms with Crippen molar-refractivity contribution in [2.75, 3.05) is 6.54 Å². The van der Waals surface area contributed by atoms with Gasteiger partial charge in [0.2, 0.25) is 5.43 Å². The Morgan fingerprint density at radius 1 is 1.24 bits per heavy atom. The first-order valence-corrected chi connectivity index (χ1v) is 10.3. The Balaban J connectivity index is 1.69. The predicted molar refractivity (Wildman–Crippen MR) is 108 cm³/mol. The van der Waals surface area contributed by atoms with Gasteiger partial charge in [0.1, 0.15) is 28.7 Å². The molecule has 3 heterocycles. The van der Waals surface area contributed by atoms with Crippen LogP contribution in [0.4, 0.5) is 17.6 Å². The van der Waals surface area contributed by atoms with Gasteiger partial charge in [-0.3, -0.25) is 14.4 Å². The highest BCUT2D eigenvalue weighted by molar-refractivity contribution is 5.99. The zero-order valence-electron chi connectivity index (χ0n) is 17.8. The number of rotatable bonds is 3. The minimum absolute atomic E-state index is 0.111. The van der Waals surface area contributed by atoms with Crippen LogP contribution in [-0.4, -0.2) is 44.6 Å². The van der Waals surface area contributed by atoms with Gasteiger partial charge in [0.15, 0.2) is 11.4 Å². The van der Waals surface area contributed by atoms with Crippen LogP contribution in [0.5, 0.6) is 5.75 Å². The molecule has 1 saturated heterocycles. The smallest absolute Gasteiger partial charge is 0.274 e. The molecule has 1 fully saturated rings. The highest BCUT2D eigenvalue weighted by atomic mass is 19.2. The Morgan fingerprint density at radius 3 is 2.52 bits per heavy atom. The topological polar surface area (TPSA) is 91.6 Å². The van der Waals surface area contributed by atoms with Crippen LogP contribution in [0.15, 0.2) is 23.1 Å². The van der Waals surface area contributed by atoms with Crippen molar-refractivity contribution >= 4 is 11.8 Å². The number of nitrogens with zero attached hydrogens (tertiary/aromatic N) is 2. The van der Waals surface area contributed by atoms with E-state index in [1.54, 1.807) is 6.92 Å². The molecule has 0 aliphatic carbocycles. The van der Waals surface area contributed by atoms with E-state index in [1.807, 2.05) is 0 Å². The van der Waals surface area contributed by atoms with Crippen molar-refractivity contribution < 1.29 is 32.3 Å². The Kier molecular flexibility index (Phi) is 5.45. The summed E-state index contributed by atoms with van der Waals surface area (Å²) in [5.41, 5.74) is -4.35. The Hall–Kier alpha value is -3.37. The summed E-state index contributed by atoms with van der Waals surface area (Å²) in [7, 11) is 0. The van der Waals surface area contributed by atoms with Crippen molar-refractivity contribution in [3.63, 3.8) is 0 Å². The number of benzene rings is 1. The van der Waals surface area contributed by atoms with E-state index in [4.69, 9.17) is 0 Å². The zero-order valence-corrected chi connectivity index (χ0v) is 17.8. The number of aromatic nitrogens is 1. The van der Waals surface area contributed by atoms with Crippen molar-refractivity contribution in [1.29, 1.82) is 0 Å². The molecule has 2 N–H and O–H groups in total. The molecule has 3 unspecified atom stereocenters. The molecule has 0 radical (unpaired) electrons. The summed E-state index contributed by atoms with van der Waals surface area (Å²) in [6.45, 7) is 2.38. The van der Waals surface area contributed by atoms with E-state index in [0.29, 0.717) is 12.1 Å². The summed E-state index contributed by atoms with van der Waals surface area (Å²) in [5.74, 6) is -6.31. The molecular weight excluding hydrogens is 446 g/mol. The molecule has 33 heavy (non-hydrogen) atoms. The lowest BCUT2D eigenvalue weighted by Gasteiger charge is -2.39. The number of hydrogen-bond acceptors (Lipinski definition) is 4. The van der Waals surface area contributed by atoms with Crippen LogP contribution in [0.25, 0.3) is 0 Å². The van der Waals surface area contributed by atoms with E-state index in [2.05, 4.69) is 5.32 Å². The monoisotopic (exact) mass is 467 g/mol. The number of nitrogens with one attached hydrogen (secondary N) is 1. The number of pyridine rings is 1. The summed E-state index contributed by atoms with van der Waals surface area (Å²) in [5, 5.41) is 12.7. The van der Waals surface area contributed by atoms with Gasteiger partial charge in [0, 0.05) is 37.0 Å². The molecule has 2 amide bonds. The SMILES string of the molecule is CC1N2CC(CCC1(C)F)n1cc(C(=O)NCc3c(F)cc(F)cc3F)c(=O)c(O)c1C2=O. The molecule has 7 nitrogen and oxygen atoms in total. The normalized spacial score (nSPS) is 24.3. The minimum atomic E-state index is -1.69. The van der Waals surface area contributed by atoms with E-state index in [-0.39, 0.29) is 25.1 Å². The maximum absolute atomic E-state index is 15.0. The minimum Gasteiger partial charge on any atom is -0.503 e. The van der Waals surface area contributed by atoms with Crippen molar-refractivity contribution in [2.24, 2.45) is 0 Å². The average molecular weight is 467 g/mol. The Labute approximate surface area is 185 Å². The van der Waals surface area contributed by atoms with Gasteiger partial charge in [-0.05, 0) is 26.7 Å². The summed E-state index contributed by atoms with van der Waals surface area (Å²) >= 11 is 0. The lowest BCUT2D eigenvalue weighted by molar-refractivity contribution is 0.0340. The van der Waals surface area contributed by atoms with Crippen LogP contribution in [0.1, 0.15) is 59.1 Å². The van der Waals surface area contributed by atoms with Gasteiger partial charge in [-0.15, -0.1) is 0 Å². The lowest BCUT2D eigenvalue weighted by atomic mass is 9.94. The first-order chi connectivity index (χ1) is 15.4. The third kappa shape index (κ3) is 3.75. The molecule has 11 heteroatoms. The highest BCUT2D eigenvalue weighted by Gasteiger charge is 2.46. The van der Waals surface area contributed by atoms with Crippen LogP contribution in [0.3, 0.4) is 0 Å². The Bertz CT molecular complexity index is 1200. The van der Waals surface area contributed by atoms with Gasteiger partial charge in [-0.2, -0.15) is 0 Å². The van der Waals surface area contributed by atoms with E-state index < -0.39 is 75.9 Å². The highest BCUT2D eigenvalue weighted by Crippen LogP contribution is 2.39. The third-order valence-electron chi connectivity index (χ3n) is 6.56. The van der Waals surface area contributed by atoms with E-state index >= 15 is 4.39 Å². The average Bonchev–Trinajstić information content (AvgIpc) is 2.83. The molecule has 0 spiro atoms. The van der Waals surface area contributed by atoms with Gasteiger partial charge in [-0.25, -0.2) is 17.6 Å². The second kappa shape index (κ2) is 7.89. The first-order valence-electron chi connectivity index (χ1n) is 10.3. The molecule has 4 rings (SSSR count). The quantitative estimate of drug-likeness (QED) is 0.680. The molecule has 2 aliphatic rings. The van der Waals surface area contributed by atoms with Crippen molar-refractivity contribution in [2.45, 2.75) is 51.0 Å². The summed E-state index contributed by atoms with van der Waals surface area (Å²) < 4.78 is 57.1. The van der Waals surface area contributed by atoms with Gasteiger partial charge in [0.05, 0.1) is 12.1 Å². The summed E-state index contributed by atoms with van der Waals surface area (Å²) in [6.07, 6.45) is 1.48. The van der Waals surface area contributed by atoms with Crippen LogP contribution >= 0.6 is 0 Å². The fourth-order valence-corrected chi connectivity index (χ4v) is 4.37. The van der Waals surface area contributed by atoms with Crippen LogP contribution in [0.2, 0.25) is 0 Å². The second-order valence-electron chi connectivity index (χ2n) is 8.61. The first kappa shape index (κ1) is 22.8. The van der Waals surface area contributed by atoms with Gasteiger partial charge in [-0.1, -0.05) is 0 Å². The molecule has 3 atom stereocenters. The Morgan fingerprint density at radius 2 is 1.88 bits per heavy atom. The number of fused-ring (bicyclic) bond motifs is 4. The molecule has 2 bridgehead atoms. The summed E-state index contributed by atoms with van der Waals surface area (Å²) in [6, 6.07) is -0.384. The maximum atomic E-state index is 15.0. The number of amides is 2. The fourth-order valence-electron chi connectivity index (χ4n) is 4.37. The number of aromatic hydroxyl groups is 1. The predicted octanol–water partition coefficient (Wildman–Crippen LogP) is 2.81. The second-order valence-corrected chi connectivity index (χ2v) is 8.61. The van der Waals surface area contributed by atoms with E-state index in [1.165, 1.54) is 16.4 Å². The largest absolute Gasteiger partial charge is 0.503 e. The van der Waals surface area contributed by atoms with Gasteiger partial charge >= 0.3 is 0 Å². The zero-order chi connectivity index (χ0) is 24.2. The fraction of sp³-hybridized carbons (Fsp3) is 0.409. The number of carbonyl (C=O) groups excluding carboxylic acids is 2. The molecule has 0 saturated carbocycles. The summed E-state index contributed by atoms with van der Waals surface area (Å²) in [4.78, 5) is 39.5. The van der Waals surface area contributed by atoms with Crippen LogP contribution in [0, 0.1) is 17.5 Å². The van der Waals surface area contributed by atoms with Crippen LogP contribution in [-0.2, 0) is 6.54 Å². The van der Waals surface area contributed by atoms with Crippen molar-refractivity contribution in [3.05, 3.63) is 62.8 Å². The van der Waals surface area contributed by atoms with Gasteiger partial charge in [0.25, 0.3) is 11.8 Å². The van der Waals surface area contributed by atoms with Gasteiger partial charge < -0.3 is 19.9 Å². The van der Waals surface area contributed by atoms with E-state index in [0.717, 1.165) is 6.20 Å². The standard InChI is InChI=1S/C22H21F4N3O4/c1-10-22(2,26)4-3-12-8-28(10)21(33)17-19(31)18(30)14(9-29(12)17)20(32)27-7-13-15(24)5-11(23)6-16(13)25/h5-6,9-10,12,31H,3-4,7-8H2,1-2H3,(H,27,32). The molecule has 176 valence electrons. The van der Waals surface area contributed by atoms with E-state index in [9.17, 15) is 32.7 Å². The van der Waals surface area contributed by atoms with Crippen molar-refractivity contribution in [1.82, 2.24) is 14.8 Å².